The SMILES string of the molecule is CC.CC.Cc1ccc2c(c1)CCC2C. The Balaban J connectivity index is 0.000000442. The van der Waals surface area contributed by atoms with E-state index in [1.807, 2.05) is 27.7 Å². The average Bonchev–Trinajstić information content (AvgIpc) is 2.65. The molecule has 0 aliphatic heterocycles. The summed E-state index contributed by atoms with van der Waals surface area (Å²) in [6.45, 7) is 12.5. The third-order valence-corrected chi connectivity index (χ3v) is 2.68. The maximum atomic E-state index is 2.33. The maximum Gasteiger partial charge on any atom is -0.0184 e. The van der Waals surface area contributed by atoms with Crippen LogP contribution in [0, 0.1) is 6.92 Å². The molecule has 0 heterocycles. The Labute approximate surface area is 95.7 Å². The lowest BCUT2D eigenvalue weighted by Gasteiger charge is -2.03. The zero-order chi connectivity index (χ0) is 11.8. The molecular weight excluding hydrogens is 180 g/mol. The van der Waals surface area contributed by atoms with Crippen LogP contribution >= 0.6 is 0 Å². The molecule has 15 heavy (non-hydrogen) atoms. The first-order chi connectivity index (χ1) is 7.27. The van der Waals surface area contributed by atoms with Gasteiger partial charge in [0, 0.05) is 0 Å². The van der Waals surface area contributed by atoms with Gasteiger partial charge >= 0.3 is 0 Å². The molecule has 1 aromatic carbocycles. The van der Waals surface area contributed by atoms with Crippen LogP contribution in [0.2, 0.25) is 0 Å². The van der Waals surface area contributed by atoms with Gasteiger partial charge in [-0.15, -0.1) is 0 Å². The fourth-order valence-electron chi connectivity index (χ4n) is 1.96. The third-order valence-electron chi connectivity index (χ3n) is 2.68. The lowest BCUT2D eigenvalue weighted by Crippen LogP contribution is -1.85. The first-order valence-electron chi connectivity index (χ1n) is 6.37. The first-order valence-corrected chi connectivity index (χ1v) is 6.37. The van der Waals surface area contributed by atoms with Crippen molar-refractivity contribution in [3.8, 4) is 0 Å². The van der Waals surface area contributed by atoms with E-state index in [2.05, 4.69) is 32.0 Å². The van der Waals surface area contributed by atoms with Gasteiger partial charge in [-0.1, -0.05) is 58.4 Å². The Hall–Kier alpha value is -0.780. The van der Waals surface area contributed by atoms with Crippen LogP contribution in [-0.2, 0) is 6.42 Å². The topological polar surface area (TPSA) is 0 Å². The highest BCUT2D eigenvalue weighted by atomic mass is 14.2. The zero-order valence-corrected chi connectivity index (χ0v) is 11.2. The highest BCUT2D eigenvalue weighted by Crippen LogP contribution is 2.32. The Morgan fingerprint density at radius 2 is 1.67 bits per heavy atom. The van der Waals surface area contributed by atoms with Crippen molar-refractivity contribution in [2.24, 2.45) is 0 Å². The van der Waals surface area contributed by atoms with Crippen molar-refractivity contribution in [3.63, 3.8) is 0 Å². The smallest absolute Gasteiger partial charge is 0.0184 e. The fraction of sp³-hybridized carbons (Fsp3) is 0.600. The lowest BCUT2D eigenvalue weighted by atomic mass is 10.0. The second-order valence-electron chi connectivity index (χ2n) is 3.64. The van der Waals surface area contributed by atoms with Gasteiger partial charge in [0.1, 0.15) is 0 Å². The molecule has 0 aromatic heterocycles. The van der Waals surface area contributed by atoms with Crippen LogP contribution in [0.4, 0.5) is 0 Å². The number of hydrogen-bond donors (Lipinski definition) is 0. The molecule has 0 saturated carbocycles. The van der Waals surface area contributed by atoms with Crippen LogP contribution < -0.4 is 0 Å². The molecule has 0 nitrogen and oxygen atoms in total. The number of aryl methyl sites for hydroxylation is 2. The highest BCUT2D eigenvalue weighted by Gasteiger charge is 2.17. The summed E-state index contributed by atoms with van der Waals surface area (Å²) in [6.07, 6.45) is 2.64. The fourth-order valence-corrected chi connectivity index (χ4v) is 1.96. The predicted octanol–water partition coefficient (Wildman–Crippen LogP) is 5.10. The molecule has 1 aliphatic rings. The van der Waals surface area contributed by atoms with Gasteiger partial charge in [0.15, 0.2) is 0 Å². The van der Waals surface area contributed by atoms with Crippen molar-refractivity contribution in [3.05, 3.63) is 34.9 Å². The lowest BCUT2D eigenvalue weighted by molar-refractivity contribution is 0.747. The summed E-state index contributed by atoms with van der Waals surface area (Å²) < 4.78 is 0. The van der Waals surface area contributed by atoms with Crippen molar-refractivity contribution >= 4 is 0 Å². The van der Waals surface area contributed by atoms with Gasteiger partial charge in [0.05, 0.1) is 0 Å². The average molecular weight is 206 g/mol. The number of fused-ring (bicyclic) bond motifs is 1. The quantitative estimate of drug-likeness (QED) is 0.554. The summed E-state index contributed by atoms with van der Waals surface area (Å²) in [5.41, 5.74) is 4.56. The summed E-state index contributed by atoms with van der Waals surface area (Å²) in [7, 11) is 0. The minimum absolute atomic E-state index is 0.797. The van der Waals surface area contributed by atoms with E-state index in [1.165, 1.54) is 18.4 Å². The van der Waals surface area contributed by atoms with Gasteiger partial charge in [-0.05, 0) is 36.8 Å². The van der Waals surface area contributed by atoms with Gasteiger partial charge in [-0.3, -0.25) is 0 Å². The minimum atomic E-state index is 0.797. The molecular formula is C15H26. The van der Waals surface area contributed by atoms with Gasteiger partial charge in [0.25, 0.3) is 0 Å². The zero-order valence-electron chi connectivity index (χ0n) is 11.2. The number of rotatable bonds is 0. The molecule has 0 N–H and O–H groups in total. The normalized spacial score (nSPS) is 16.8. The van der Waals surface area contributed by atoms with Gasteiger partial charge in [-0.2, -0.15) is 0 Å². The molecule has 0 radical (unpaired) electrons. The maximum absolute atomic E-state index is 2.33. The van der Waals surface area contributed by atoms with E-state index < -0.39 is 0 Å². The molecule has 1 aliphatic carbocycles. The predicted molar refractivity (Wildman–Crippen MR) is 70.6 cm³/mol. The minimum Gasteiger partial charge on any atom is -0.0683 e. The molecule has 2 rings (SSSR count). The number of benzene rings is 1. The third kappa shape index (κ3) is 3.70. The summed E-state index contributed by atoms with van der Waals surface area (Å²) >= 11 is 0. The number of hydrogen-bond acceptors (Lipinski definition) is 0. The van der Waals surface area contributed by atoms with Crippen molar-refractivity contribution in [2.45, 2.75) is 60.3 Å². The Morgan fingerprint density at radius 3 is 2.27 bits per heavy atom. The van der Waals surface area contributed by atoms with Gasteiger partial charge in [-0.25, -0.2) is 0 Å². The molecule has 0 amide bonds. The summed E-state index contributed by atoms with van der Waals surface area (Å²) in [5, 5.41) is 0. The molecule has 0 fully saturated rings. The van der Waals surface area contributed by atoms with Crippen molar-refractivity contribution in [1.82, 2.24) is 0 Å². The summed E-state index contributed by atoms with van der Waals surface area (Å²) in [5.74, 6) is 0.797. The Bertz CT molecular complexity index is 273. The van der Waals surface area contributed by atoms with Crippen LogP contribution in [0.5, 0.6) is 0 Å². The largest absolute Gasteiger partial charge is 0.0683 e. The molecule has 1 unspecified atom stereocenters. The van der Waals surface area contributed by atoms with Crippen LogP contribution in [0.15, 0.2) is 18.2 Å². The van der Waals surface area contributed by atoms with E-state index in [0.717, 1.165) is 5.92 Å². The van der Waals surface area contributed by atoms with Crippen molar-refractivity contribution < 1.29 is 0 Å². The molecule has 1 atom stereocenters. The summed E-state index contributed by atoms with van der Waals surface area (Å²) in [4.78, 5) is 0. The van der Waals surface area contributed by atoms with E-state index in [0.29, 0.717) is 0 Å². The van der Waals surface area contributed by atoms with E-state index in [-0.39, 0.29) is 0 Å². The van der Waals surface area contributed by atoms with Gasteiger partial charge in [0.2, 0.25) is 0 Å². The molecule has 0 bridgehead atoms. The molecule has 0 saturated heterocycles. The molecule has 0 heteroatoms. The monoisotopic (exact) mass is 206 g/mol. The Morgan fingerprint density at radius 1 is 1.07 bits per heavy atom. The first kappa shape index (κ1) is 14.2. The van der Waals surface area contributed by atoms with E-state index in [1.54, 1.807) is 11.1 Å². The van der Waals surface area contributed by atoms with Crippen LogP contribution in [0.25, 0.3) is 0 Å². The van der Waals surface area contributed by atoms with Crippen molar-refractivity contribution in [2.75, 3.05) is 0 Å². The van der Waals surface area contributed by atoms with E-state index >= 15 is 0 Å². The van der Waals surface area contributed by atoms with E-state index in [4.69, 9.17) is 0 Å². The summed E-state index contributed by atoms with van der Waals surface area (Å²) in [6, 6.07) is 6.85. The molecule has 0 spiro atoms. The van der Waals surface area contributed by atoms with Crippen LogP contribution in [0.3, 0.4) is 0 Å². The van der Waals surface area contributed by atoms with Gasteiger partial charge < -0.3 is 0 Å². The van der Waals surface area contributed by atoms with Crippen LogP contribution in [0.1, 0.15) is 63.6 Å². The Kier molecular flexibility index (Phi) is 7.11. The van der Waals surface area contributed by atoms with E-state index in [9.17, 15) is 0 Å². The van der Waals surface area contributed by atoms with Crippen molar-refractivity contribution in [1.29, 1.82) is 0 Å². The standard InChI is InChI=1S/C11H14.2C2H6/c1-8-3-6-11-9(2)4-5-10(11)7-8;2*1-2/h3,6-7,9H,4-5H2,1-2H3;2*1-2H3. The second kappa shape index (κ2) is 7.50. The highest BCUT2D eigenvalue weighted by molar-refractivity contribution is 5.37. The molecule has 86 valence electrons. The second-order valence-corrected chi connectivity index (χ2v) is 3.64. The van der Waals surface area contributed by atoms with Crippen LogP contribution in [-0.4, -0.2) is 0 Å². The molecule has 1 aromatic rings.